The van der Waals surface area contributed by atoms with E-state index in [1.165, 1.54) is 0 Å². The zero-order valence-corrected chi connectivity index (χ0v) is 18.2. The van der Waals surface area contributed by atoms with Gasteiger partial charge >= 0.3 is 0 Å². The van der Waals surface area contributed by atoms with Crippen LogP contribution in [0.4, 0.5) is 28.8 Å². The van der Waals surface area contributed by atoms with Crippen molar-refractivity contribution in [3.63, 3.8) is 0 Å². The van der Waals surface area contributed by atoms with E-state index in [-0.39, 0.29) is 5.91 Å². The normalized spacial score (nSPS) is 10.4. The number of amides is 1. The van der Waals surface area contributed by atoms with E-state index >= 15 is 0 Å². The molecule has 7 nitrogen and oxygen atoms in total. The molecule has 0 atom stereocenters. The van der Waals surface area contributed by atoms with Crippen LogP contribution in [0.2, 0.25) is 0 Å². The van der Waals surface area contributed by atoms with Crippen LogP contribution >= 0.6 is 15.9 Å². The summed E-state index contributed by atoms with van der Waals surface area (Å²) in [6, 6.07) is 22.1. The van der Waals surface area contributed by atoms with Gasteiger partial charge in [0.15, 0.2) is 0 Å². The van der Waals surface area contributed by atoms with Gasteiger partial charge in [-0.25, -0.2) is 15.0 Å². The molecule has 3 N–H and O–H groups in total. The van der Waals surface area contributed by atoms with Crippen LogP contribution in [0.25, 0.3) is 0 Å². The second kappa shape index (κ2) is 9.36. The van der Waals surface area contributed by atoms with E-state index in [1.807, 2.05) is 67.6 Å². The summed E-state index contributed by atoms with van der Waals surface area (Å²) in [4.78, 5) is 25.5. The highest BCUT2D eigenvalue weighted by Gasteiger charge is 2.07. The fraction of sp³-hybridized carbons (Fsp3) is 0.0435. The van der Waals surface area contributed by atoms with Crippen molar-refractivity contribution in [1.82, 2.24) is 15.0 Å². The molecule has 0 fully saturated rings. The SMILES string of the molecule is Cc1nc(Nc2ccc(NC(=O)c3cccc(Br)c3)cc2)cc(Nc2ccccn2)n1. The van der Waals surface area contributed by atoms with Gasteiger partial charge in [-0.1, -0.05) is 28.1 Å². The van der Waals surface area contributed by atoms with Gasteiger partial charge in [-0.15, -0.1) is 0 Å². The van der Waals surface area contributed by atoms with Gasteiger partial charge in [0.05, 0.1) is 0 Å². The van der Waals surface area contributed by atoms with Crippen LogP contribution in [-0.2, 0) is 0 Å². The molecule has 4 aromatic rings. The number of nitrogens with one attached hydrogen (secondary N) is 3. The summed E-state index contributed by atoms with van der Waals surface area (Å²) >= 11 is 3.38. The molecule has 0 aliphatic rings. The molecule has 8 heteroatoms. The second-order valence-electron chi connectivity index (χ2n) is 6.69. The van der Waals surface area contributed by atoms with Crippen molar-refractivity contribution in [2.45, 2.75) is 6.92 Å². The molecule has 154 valence electrons. The van der Waals surface area contributed by atoms with Gasteiger partial charge in [0.25, 0.3) is 5.91 Å². The maximum atomic E-state index is 12.4. The third kappa shape index (κ3) is 5.64. The average molecular weight is 475 g/mol. The second-order valence-corrected chi connectivity index (χ2v) is 7.61. The smallest absolute Gasteiger partial charge is 0.255 e. The third-order valence-corrected chi connectivity index (χ3v) is 4.75. The molecular formula is C23H19BrN6O. The molecule has 0 bridgehead atoms. The number of aryl methyl sites for hydroxylation is 1. The first kappa shape index (κ1) is 20.5. The van der Waals surface area contributed by atoms with E-state index in [0.717, 1.165) is 10.2 Å². The Balaban J connectivity index is 1.43. The quantitative estimate of drug-likeness (QED) is 0.332. The van der Waals surface area contributed by atoms with Crippen LogP contribution in [-0.4, -0.2) is 20.9 Å². The summed E-state index contributed by atoms with van der Waals surface area (Å²) in [6.07, 6.45) is 1.71. The molecule has 0 saturated heterocycles. The molecule has 0 spiro atoms. The summed E-state index contributed by atoms with van der Waals surface area (Å²) in [5.41, 5.74) is 2.12. The lowest BCUT2D eigenvalue weighted by atomic mass is 10.2. The Morgan fingerprint density at radius 1 is 0.806 bits per heavy atom. The van der Waals surface area contributed by atoms with Crippen LogP contribution in [0.15, 0.2) is 83.5 Å². The van der Waals surface area contributed by atoms with Gasteiger partial charge in [-0.3, -0.25) is 4.79 Å². The van der Waals surface area contributed by atoms with Gasteiger partial charge in [-0.2, -0.15) is 0 Å². The lowest BCUT2D eigenvalue weighted by Crippen LogP contribution is -2.11. The number of aromatic nitrogens is 3. The number of pyridine rings is 1. The van der Waals surface area contributed by atoms with Gasteiger partial charge in [0.2, 0.25) is 0 Å². The summed E-state index contributed by atoms with van der Waals surface area (Å²) in [7, 11) is 0. The number of benzene rings is 2. The molecular weight excluding hydrogens is 456 g/mol. The molecule has 0 saturated carbocycles. The van der Waals surface area contributed by atoms with Gasteiger partial charge < -0.3 is 16.0 Å². The van der Waals surface area contributed by atoms with Gasteiger partial charge in [-0.05, 0) is 61.5 Å². The molecule has 31 heavy (non-hydrogen) atoms. The molecule has 2 aromatic heterocycles. The monoisotopic (exact) mass is 474 g/mol. The topological polar surface area (TPSA) is 91.8 Å². The van der Waals surface area contributed by atoms with E-state index < -0.39 is 0 Å². The maximum Gasteiger partial charge on any atom is 0.255 e. The molecule has 0 aliphatic carbocycles. The highest BCUT2D eigenvalue weighted by molar-refractivity contribution is 9.10. The number of anilines is 5. The Morgan fingerprint density at radius 3 is 2.26 bits per heavy atom. The van der Waals surface area contributed by atoms with Crippen molar-refractivity contribution in [3.05, 3.63) is 94.9 Å². The van der Waals surface area contributed by atoms with E-state index in [0.29, 0.717) is 34.5 Å². The molecule has 4 rings (SSSR count). The average Bonchev–Trinajstić information content (AvgIpc) is 2.75. The Labute approximate surface area is 188 Å². The first-order valence-electron chi connectivity index (χ1n) is 9.53. The van der Waals surface area contributed by atoms with Crippen molar-refractivity contribution >= 4 is 50.7 Å². The number of hydrogen-bond acceptors (Lipinski definition) is 6. The summed E-state index contributed by atoms with van der Waals surface area (Å²) < 4.78 is 0.858. The molecule has 1 amide bonds. The predicted octanol–water partition coefficient (Wildman–Crippen LogP) is 5.68. The highest BCUT2D eigenvalue weighted by atomic mass is 79.9. The fourth-order valence-electron chi connectivity index (χ4n) is 2.88. The predicted molar refractivity (Wildman–Crippen MR) is 126 cm³/mol. The van der Waals surface area contributed by atoms with E-state index in [2.05, 4.69) is 46.8 Å². The zero-order chi connectivity index (χ0) is 21.6. The Morgan fingerprint density at radius 2 is 1.55 bits per heavy atom. The lowest BCUT2D eigenvalue weighted by molar-refractivity contribution is 0.102. The van der Waals surface area contributed by atoms with Gasteiger partial charge in [0, 0.05) is 33.7 Å². The van der Waals surface area contributed by atoms with Crippen LogP contribution in [0.3, 0.4) is 0 Å². The van der Waals surface area contributed by atoms with E-state index in [4.69, 9.17) is 0 Å². The number of hydrogen-bond donors (Lipinski definition) is 3. The number of rotatable bonds is 6. The molecule has 0 unspecified atom stereocenters. The standard InChI is InChI=1S/C23H19BrN6O/c1-15-26-21(14-22(27-15)30-20-7-2-3-12-25-20)28-18-8-10-19(11-9-18)29-23(31)16-5-4-6-17(24)13-16/h2-14H,1H3,(H,29,31)(H2,25,26,27,28,30). The van der Waals surface area contributed by atoms with Crippen molar-refractivity contribution in [3.8, 4) is 0 Å². The number of nitrogens with zero attached hydrogens (tertiary/aromatic N) is 3. The largest absolute Gasteiger partial charge is 0.340 e. The first-order chi connectivity index (χ1) is 15.0. The van der Waals surface area contributed by atoms with Crippen molar-refractivity contribution < 1.29 is 4.79 Å². The molecule has 0 radical (unpaired) electrons. The highest BCUT2D eigenvalue weighted by Crippen LogP contribution is 2.21. The lowest BCUT2D eigenvalue weighted by Gasteiger charge is -2.11. The third-order valence-electron chi connectivity index (χ3n) is 4.26. The minimum Gasteiger partial charge on any atom is -0.340 e. The number of halogens is 1. The number of carbonyl (C=O) groups excluding carboxylic acids is 1. The van der Waals surface area contributed by atoms with Crippen molar-refractivity contribution in [2.24, 2.45) is 0 Å². The van der Waals surface area contributed by atoms with E-state index in [1.54, 1.807) is 18.3 Å². The van der Waals surface area contributed by atoms with Crippen molar-refractivity contribution in [2.75, 3.05) is 16.0 Å². The summed E-state index contributed by atoms with van der Waals surface area (Å²) in [6.45, 7) is 1.83. The Kier molecular flexibility index (Phi) is 6.18. The molecule has 0 aliphatic heterocycles. The maximum absolute atomic E-state index is 12.4. The van der Waals surface area contributed by atoms with Gasteiger partial charge in [0.1, 0.15) is 23.3 Å². The Bertz CT molecular complexity index is 1200. The van der Waals surface area contributed by atoms with E-state index in [9.17, 15) is 4.79 Å². The fourth-order valence-corrected chi connectivity index (χ4v) is 3.28. The van der Waals surface area contributed by atoms with Crippen LogP contribution in [0.5, 0.6) is 0 Å². The summed E-state index contributed by atoms with van der Waals surface area (Å²) in [5.74, 6) is 2.46. The Hall–Kier alpha value is -3.78. The van der Waals surface area contributed by atoms with Crippen molar-refractivity contribution in [1.29, 1.82) is 0 Å². The van der Waals surface area contributed by atoms with Crippen LogP contribution in [0, 0.1) is 6.92 Å². The molecule has 2 heterocycles. The van der Waals surface area contributed by atoms with Crippen LogP contribution < -0.4 is 16.0 Å². The summed E-state index contributed by atoms with van der Waals surface area (Å²) in [5, 5.41) is 9.32. The molecule has 2 aromatic carbocycles. The minimum absolute atomic E-state index is 0.168. The first-order valence-corrected chi connectivity index (χ1v) is 10.3. The zero-order valence-electron chi connectivity index (χ0n) is 16.6. The number of carbonyl (C=O) groups is 1. The minimum atomic E-state index is -0.168. The van der Waals surface area contributed by atoms with Crippen LogP contribution in [0.1, 0.15) is 16.2 Å².